The maximum Gasteiger partial charge on any atom is 0.251 e. The average molecular weight is 386 g/mol. The number of benzene rings is 2. The number of amides is 1. The van der Waals surface area contributed by atoms with Gasteiger partial charge >= 0.3 is 0 Å². The van der Waals surface area contributed by atoms with Gasteiger partial charge in [0.25, 0.3) is 5.91 Å². The number of nitrogens with one attached hydrogen (secondary N) is 1. The van der Waals surface area contributed by atoms with Crippen molar-refractivity contribution < 1.29 is 19.0 Å². The quantitative estimate of drug-likeness (QED) is 0.677. The molecule has 6 nitrogen and oxygen atoms in total. The van der Waals surface area contributed by atoms with E-state index in [1.54, 1.807) is 27.4 Å². The van der Waals surface area contributed by atoms with Crippen LogP contribution in [-0.4, -0.2) is 45.2 Å². The van der Waals surface area contributed by atoms with Gasteiger partial charge in [-0.1, -0.05) is 26.0 Å². The molecule has 0 aliphatic rings. The summed E-state index contributed by atoms with van der Waals surface area (Å²) in [5.74, 6) is 1.67. The van der Waals surface area contributed by atoms with Crippen molar-refractivity contribution in [1.29, 1.82) is 0 Å². The van der Waals surface area contributed by atoms with Crippen molar-refractivity contribution in [3.8, 4) is 17.2 Å². The molecule has 0 saturated carbocycles. The number of hydrogen-bond acceptors (Lipinski definition) is 5. The maximum absolute atomic E-state index is 12.5. The summed E-state index contributed by atoms with van der Waals surface area (Å²) < 4.78 is 16.0. The number of rotatable bonds is 10. The lowest BCUT2D eigenvalue weighted by Crippen LogP contribution is -2.24. The number of methoxy groups -OCH3 is 3. The van der Waals surface area contributed by atoms with Crippen molar-refractivity contribution in [2.45, 2.75) is 26.9 Å². The van der Waals surface area contributed by atoms with Gasteiger partial charge in [-0.15, -0.1) is 0 Å². The molecular formula is C22H30N2O4. The lowest BCUT2D eigenvalue weighted by Gasteiger charge is -2.18. The van der Waals surface area contributed by atoms with Crippen LogP contribution in [0.1, 0.15) is 35.3 Å². The Morgan fingerprint density at radius 2 is 1.46 bits per heavy atom. The topological polar surface area (TPSA) is 60.0 Å². The van der Waals surface area contributed by atoms with E-state index in [2.05, 4.69) is 24.1 Å². The highest BCUT2D eigenvalue weighted by atomic mass is 16.5. The maximum atomic E-state index is 12.5. The highest BCUT2D eigenvalue weighted by molar-refractivity contribution is 5.94. The van der Waals surface area contributed by atoms with Gasteiger partial charge in [-0.3, -0.25) is 9.69 Å². The zero-order valence-corrected chi connectivity index (χ0v) is 17.4. The lowest BCUT2D eigenvalue weighted by molar-refractivity contribution is 0.0950. The number of hydrogen-bond donors (Lipinski definition) is 1. The minimum atomic E-state index is -0.133. The molecule has 6 heteroatoms. The van der Waals surface area contributed by atoms with Gasteiger partial charge in [-0.25, -0.2) is 0 Å². The Morgan fingerprint density at radius 3 is 2.00 bits per heavy atom. The molecule has 1 N–H and O–H groups in total. The van der Waals surface area contributed by atoms with Crippen molar-refractivity contribution in [3.05, 3.63) is 53.1 Å². The summed E-state index contributed by atoms with van der Waals surface area (Å²) >= 11 is 0. The van der Waals surface area contributed by atoms with Crippen LogP contribution in [0.4, 0.5) is 0 Å². The van der Waals surface area contributed by atoms with Gasteiger partial charge in [0.1, 0.15) is 5.75 Å². The summed E-state index contributed by atoms with van der Waals surface area (Å²) in [4.78, 5) is 14.9. The van der Waals surface area contributed by atoms with Crippen molar-refractivity contribution in [1.82, 2.24) is 10.2 Å². The normalized spacial score (nSPS) is 10.6. The second-order valence-electron chi connectivity index (χ2n) is 6.36. The minimum absolute atomic E-state index is 0.133. The molecule has 0 atom stereocenters. The van der Waals surface area contributed by atoms with Gasteiger partial charge in [0, 0.05) is 30.3 Å². The number of carbonyl (C=O) groups excluding carboxylic acids is 1. The highest BCUT2D eigenvalue weighted by Crippen LogP contribution is 2.34. The molecule has 0 saturated heterocycles. The first-order valence-electron chi connectivity index (χ1n) is 9.44. The van der Waals surface area contributed by atoms with Gasteiger partial charge in [-0.2, -0.15) is 0 Å². The van der Waals surface area contributed by atoms with Crippen LogP contribution in [0.3, 0.4) is 0 Å². The lowest BCUT2D eigenvalue weighted by atomic mass is 10.1. The van der Waals surface area contributed by atoms with E-state index in [1.807, 2.05) is 30.3 Å². The summed E-state index contributed by atoms with van der Waals surface area (Å²) in [5, 5.41) is 2.94. The van der Waals surface area contributed by atoms with Crippen molar-refractivity contribution in [2.75, 3.05) is 34.4 Å². The molecule has 2 aromatic carbocycles. The molecule has 0 aromatic heterocycles. The molecule has 0 fully saturated rings. The summed E-state index contributed by atoms with van der Waals surface area (Å²) in [6, 6.07) is 11.3. The fourth-order valence-corrected chi connectivity index (χ4v) is 2.98. The van der Waals surface area contributed by atoms with E-state index in [4.69, 9.17) is 14.2 Å². The molecular weight excluding hydrogens is 356 g/mol. The predicted molar refractivity (Wildman–Crippen MR) is 110 cm³/mol. The molecule has 0 bridgehead atoms. The van der Waals surface area contributed by atoms with Crippen LogP contribution < -0.4 is 19.5 Å². The van der Waals surface area contributed by atoms with Crippen LogP contribution in [0.15, 0.2) is 36.4 Å². The van der Waals surface area contributed by atoms with Crippen molar-refractivity contribution in [3.63, 3.8) is 0 Å². The van der Waals surface area contributed by atoms with Crippen LogP contribution in [0.5, 0.6) is 17.2 Å². The highest BCUT2D eigenvalue weighted by Gasteiger charge is 2.13. The van der Waals surface area contributed by atoms with Gasteiger partial charge < -0.3 is 19.5 Å². The van der Waals surface area contributed by atoms with Crippen molar-refractivity contribution >= 4 is 5.91 Å². The molecule has 0 radical (unpaired) electrons. The first-order valence-corrected chi connectivity index (χ1v) is 9.44. The zero-order valence-electron chi connectivity index (χ0n) is 17.4. The molecule has 2 rings (SSSR count). The summed E-state index contributed by atoms with van der Waals surface area (Å²) in [6.07, 6.45) is 0. The fourth-order valence-electron chi connectivity index (χ4n) is 2.98. The molecule has 0 aliphatic heterocycles. The summed E-state index contributed by atoms with van der Waals surface area (Å²) in [6.45, 7) is 7.51. The van der Waals surface area contributed by atoms with Crippen LogP contribution in [0, 0.1) is 0 Å². The smallest absolute Gasteiger partial charge is 0.251 e. The monoisotopic (exact) mass is 386 g/mol. The Morgan fingerprint density at radius 1 is 0.893 bits per heavy atom. The predicted octanol–water partition coefficient (Wildman–Crippen LogP) is 3.48. The van der Waals surface area contributed by atoms with Crippen LogP contribution >= 0.6 is 0 Å². The molecule has 0 unspecified atom stereocenters. The van der Waals surface area contributed by atoms with E-state index >= 15 is 0 Å². The second-order valence-corrected chi connectivity index (χ2v) is 6.36. The van der Waals surface area contributed by atoms with E-state index in [-0.39, 0.29) is 5.91 Å². The standard InChI is InChI=1S/C22H30N2O4/c1-6-24(7-2)15-16-8-10-17(11-9-16)22(25)23-14-18-12-20(27-4)21(28-5)13-19(18)26-3/h8-13H,6-7,14-15H2,1-5H3,(H,23,25). The van der Waals surface area contributed by atoms with E-state index < -0.39 is 0 Å². The molecule has 0 heterocycles. The Kier molecular flexibility index (Phi) is 8.14. The molecule has 152 valence electrons. The fraction of sp³-hybridized carbons (Fsp3) is 0.409. The van der Waals surface area contributed by atoms with Gasteiger partial charge in [-0.05, 0) is 36.9 Å². The van der Waals surface area contributed by atoms with Gasteiger partial charge in [0.05, 0.1) is 21.3 Å². The number of nitrogens with zero attached hydrogens (tertiary/aromatic N) is 1. The van der Waals surface area contributed by atoms with Gasteiger partial charge in [0.2, 0.25) is 0 Å². The third-order valence-corrected chi connectivity index (χ3v) is 4.74. The minimum Gasteiger partial charge on any atom is -0.496 e. The van der Waals surface area contributed by atoms with Crippen LogP contribution in [0.2, 0.25) is 0 Å². The van der Waals surface area contributed by atoms with E-state index in [0.717, 1.165) is 25.2 Å². The molecule has 0 aliphatic carbocycles. The third kappa shape index (κ3) is 5.39. The molecule has 2 aromatic rings. The zero-order chi connectivity index (χ0) is 20.5. The number of ether oxygens (including phenoxy) is 3. The molecule has 28 heavy (non-hydrogen) atoms. The largest absolute Gasteiger partial charge is 0.496 e. The molecule has 0 spiro atoms. The molecule has 1 amide bonds. The van der Waals surface area contributed by atoms with E-state index in [1.165, 1.54) is 5.56 Å². The first kappa shape index (κ1) is 21.6. The van der Waals surface area contributed by atoms with Crippen molar-refractivity contribution in [2.24, 2.45) is 0 Å². The second kappa shape index (κ2) is 10.6. The Labute approximate surface area is 167 Å². The van der Waals surface area contributed by atoms with Crippen LogP contribution in [-0.2, 0) is 13.1 Å². The Hall–Kier alpha value is -2.73. The SMILES string of the molecule is CCN(CC)Cc1ccc(C(=O)NCc2cc(OC)c(OC)cc2OC)cc1. The number of carbonyl (C=O) groups is 1. The third-order valence-electron chi connectivity index (χ3n) is 4.74. The van der Waals surface area contributed by atoms with E-state index in [9.17, 15) is 4.79 Å². The Bertz CT molecular complexity index is 771. The first-order chi connectivity index (χ1) is 13.6. The Balaban J connectivity index is 2.05. The van der Waals surface area contributed by atoms with Gasteiger partial charge in [0.15, 0.2) is 11.5 Å². The summed E-state index contributed by atoms with van der Waals surface area (Å²) in [7, 11) is 4.73. The van der Waals surface area contributed by atoms with Crippen LogP contribution in [0.25, 0.3) is 0 Å². The van der Waals surface area contributed by atoms with E-state index in [0.29, 0.717) is 29.4 Å². The summed E-state index contributed by atoms with van der Waals surface area (Å²) in [5.41, 5.74) is 2.64. The average Bonchev–Trinajstić information content (AvgIpc) is 2.75.